The van der Waals surface area contributed by atoms with Crippen molar-refractivity contribution in [2.24, 2.45) is 11.3 Å². The standard InChI is InChI=1S/C56H63F3N10O7S2/c1-32-51(77-31-63-32)37-7-5-33(6-8-37)21-62-54(73)46-20-41(70)29-68(46)55(74)52(56(2,3)4)64-47(71)30-66-24-34(25-66)15-17-65-26-39(27-65)36-11-9-35(10-12-36)38-19-42-43(23-61-53(42)60-22-38)50(72)48-44(58)13-14-45(49(48)59)69(78(75)76)67-18-16-40(57)28-67/h5-14,19,22-23,31,34,39-41,46,52,70H,15-18,20-21,24-30H2,1-4H3,(H,60,61)(H,62,73)(H,64,71)(H,75,76)/t40-,41-,46+,52-/m1/s1. The van der Waals surface area contributed by atoms with Crippen molar-refractivity contribution in [3.8, 4) is 21.6 Å². The van der Waals surface area contributed by atoms with Crippen LogP contribution in [0.5, 0.6) is 0 Å². The van der Waals surface area contributed by atoms with Gasteiger partial charge in [-0.05, 0) is 78.1 Å². The molecule has 0 bridgehead atoms. The van der Waals surface area contributed by atoms with Crippen molar-refractivity contribution in [3.63, 3.8) is 0 Å². The van der Waals surface area contributed by atoms with Gasteiger partial charge in [0, 0.05) is 87.1 Å². The monoisotopic (exact) mass is 1110 g/mol. The lowest BCUT2D eigenvalue weighted by atomic mass is 9.85. The van der Waals surface area contributed by atoms with Crippen LogP contribution >= 0.6 is 11.3 Å². The van der Waals surface area contributed by atoms with E-state index in [9.17, 15) is 37.4 Å². The van der Waals surface area contributed by atoms with Gasteiger partial charge in [0.25, 0.3) is 11.3 Å². The molecule has 0 spiro atoms. The fourth-order valence-corrected chi connectivity index (χ4v) is 12.5. The molecule has 0 aliphatic carbocycles. The molecule has 0 radical (unpaired) electrons. The molecule has 3 aromatic carbocycles. The number of anilines is 1. The van der Waals surface area contributed by atoms with Gasteiger partial charge in [-0.15, -0.1) is 11.3 Å². The number of pyridine rings is 1. The van der Waals surface area contributed by atoms with Gasteiger partial charge in [-0.25, -0.2) is 32.4 Å². The SMILES string of the molecule is Cc1ncsc1-c1ccc(CNC(=O)[C@@H]2C[C@@H](O)CN2C(=O)[C@@H](NC(=O)CN2CC(CCN3CC(c4ccc(-c5cnc6[nH]cc(C(=O)c7c(F)ccc(N(N8CC[C@@H](F)C8)S(=O)O)c7F)c6c5)cc4)C3)C2)C(C)(C)C)cc1. The van der Waals surface area contributed by atoms with Crippen molar-refractivity contribution in [1.82, 2.24) is 45.3 Å². The summed E-state index contributed by atoms with van der Waals surface area (Å²) in [5, 5.41) is 18.1. The average molecular weight is 1110 g/mol. The van der Waals surface area contributed by atoms with Crippen LogP contribution in [-0.2, 0) is 32.2 Å². The number of ketones is 1. The fourth-order valence-electron chi connectivity index (χ4n) is 11.0. The van der Waals surface area contributed by atoms with Gasteiger partial charge in [-0.1, -0.05) is 69.3 Å². The second-order valence-electron chi connectivity index (χ2n) is 22.1. The molecule has 78 heavy (non-hydrogen) atoms. The molecule has 5 N–H and O–H groups in total. The maximum absolute atomic E-state index is 16.1. The largest absolute Gasteiger partial charge is 0.391 e. The summed E-state index contributed by atoms with van der Waals surface area (Å²) in [6.45, 7) is 12.0. The number of rotatable bonds is 18. The molecule has 4 fully saturated rings. The lowest BCUT2D eigenvalue weighted by molar-refractivity contribution is -0.144. The number of fused-ring (bicyclic) bond motifs is 1. The number of benzene rings is 3. The van der Waals surface area contributed by atoms with Crippen LogP contribution < -0.4 is 15.0 Å². The number of hydrazine groups is 1. The molecular formula is C56H63F3N10O7S2. The number of aromatic amines is 1. The van der Waals surface area contributed by atoms with Crippen molar-refractivity contribution >= 4 is 62.8 Å². The van der Waals surface area contributed by atoms with E-state index in [4.69, 9.17) is 0 Å². The Balaban J connectivity index is 0.676. The number of halogens is 3. The van der Waals surface area contributed by atoms with Crippen molar-refractivity contribution < 1.29 is 46.2 Å². The molecule has 4 aliphatic heterocycles. The summed E-state index contributed by atoms with van der Waals surface area (Å²) >= 11 is -1.26. The Hall–Kier alpha value is -6.40. The third kappa shape index (κ3) is 11.7. The minimum absolute atomic E-state index is 0.00111. The molecule has 1 unspecified atom stereocenters. The van der Waals surface area contributed by atoms with Gasteiger partial charge >= 0.3 is 0 Å². The Labute approximate surface area is 456 Å². The second-order valence-corrected chi connectivity index (χ2v) is 23.7. The first-order chi connectivity index (χ1) is 37.3. The van der Waals surface area contributed by atoms with Crippen molar-refractivity contribution in [2.45, 2.75) is 83.8 Å². The van der Waals surface area contributed by atoms with E-state index in [2.05, 4.69) is 47.5 Å². The molecule has 3 amide bonds. The third-order valence-corrected chi connectivity index (χ3v) is 17.1. The maximum atomic E-state index is 16.1. The zero-order valence-corrected chi connectivity index (χ0v) is 45.4. The van der Waals surface area contributed by atoms with E-state index in [1.807, 2.05) is 69.6 Å². The highest BCUT2D eigenvalue weighted by atomic mass is 32.2. The molecule has 17 nitrogen and oxygen atoms in total. The molecule has 0 saturated carbocycles. The summed E-state index contributed by atoms with van der Waals surface area (Å²) in [6, 6.07) is 17.7. The number of aliphatic hydroxyl groups is 1. The first-order valence-corrected chi connectivity index (χ1v) is 28.1. The number of aryl methyl sites for hydroxylation is 1. The summed E-state index contributed by atoms with van der Waals surface area (Å²) in [5.74, 6) is -3.76. The van der Waals surface area contributed by atoms with Gasteiger partial charge in [0.05, 0.1) is 40.8 Å². The third-order valence-electron chi connectivity index (χ3n) is 15.4. The molecular weight excluding hydrogens is 1050 g/mol. The van der Waals surface area contributed by atoms with Crippen LogP contribution in [0.15, 0.2) is 84.6 Å². The van der Waals surface area contributed by atoms with Gasteiger partial charge in [0.2, 0.25) is 23.5 Å². The summed E-state index contributed by atoms with van der Waals surface area (Å²) in [4.78, 5) is 73.7. The summed E-state index contributed by atoms with van der Waals surface area (Å²) in [5.41, 5.74) is 5.54. The zero-order chi connectivity index (χ0) is 55.2. The maximum Gasteiger partial charge on any atom is 0.277 e. The van der Waals surface area contributed by atoms with E-state index in [-0.39, 0.29) is 62.9 Å². The van der Waals surface area contributed by atoms with Crippen LogP contribution in [0.25, 0.3) is 32.6 Å². The number of β-amino-alcohol motifs (C(OH)–C–C–N with tert-alkyl or cyclic N) is 1. The minimum Gasteiger partial charge on any atom is -0.391 e. The van der Waals surface area contributed by atoms with Gasteiger partial charge in [-0.2, -0.15) is 4.41 Å². The number of carbonyl (C=O) groups excluding carboxylic acids is 4. The molecule has 7 heterocycles. The molecule has 412 valence electrons. The molecule has 6 aromatic rings. The molecule has 4 saturated heterocycles. The van der Waals surface area contributed by atoms with E-state index < -0.39 is 75.6 Å². The van der Waals surface area contributed by atoms with Crippen LogP contribution in [0.1, 0.15) is 78.7 Å². The van der Waals surface area contributed by atoms with Gasteiger partial charge in [0.1, 0.15) is 35.4 Å². The Kier molecular flexibility index (Phi) is 16.0. The number of thiazole rings is 1. The number of aromatic nitrogens is 3. The topological polar surface area (TPSA) is 208 Å². The Morgan fingerprint density at radius 3 is 2.33 bits per heavy atom. The number of carbonyl (C=O) groups is 4. The number of H-pyrrole nitrogens is 1. The Morgan fingerprint density at radius 1 is 0.936 bits per heavy atom. The number of nitrogens with zero attached hydrogens (tertiary/aromatic N) is 7. The van der Waals surface area contributed by atoms with E-state index in [1.165, 1.54) is 16.7 Å². The highest BCUT2D eigenvalue weighted by Gasteiger charge is 2.45. The van der Waals surface area contributed by atoms with Crippen molar-refractivity contribution in [3.05, 3.63) is 124 Å². The van der Waals surface area contributed by atoms with Gasteiger partial charge in [0.15, 0.2) is 5.82 Å². The van der Waals surface area contributed by atoms with Gasteiger partial charge < -0.3 is 30.5 Å². The minimum atomic E-state index is -2.83. The first-order valence-electron chi connectivity index (χ1n) is 26.2. The Morgan fingerprint density at radius 2 is 1.67 bits per heavy atom. The van der Waals surface area contributed by atoms with Crippen LogP contribution in [0, 0.1) is 29.9 Å². The van der Waals surface area contributed by atoms with Crippen LogP contribution in [0.2, 0.25) is 0 Å². The van der Waals surface area contributed by atoms with Gasteiger partial charge in [-0.3, -0.25) is 28.6 Å². The number of aliphatic hydroxyl groups excluding tert-OH is 1. The highest BCUT2D eigenvalue weighted by molar-refractivity contribution is 7.80. The van der Waals surface area contributed by atoms with E-state index >= 15 is 8.78 Å². The number of hydrogen-bond acceptors (Lipinski definition) is 12. The molecule has 22 heteroatoms. The molecule has 4 aliphatic rings. The number of nitrogens with one attached hydrogen (secondary N) is 3. The number of alkyl halides is 1. The predicted octanol–water partition coefficient (Wildman–Crippen LogP) is 6.60. The summed E-state index contributed by atoms with van der Waals surface area (Å²) < 4.78 is 68.3. The highest BCUT2D eigenvalue weighted by Crippen LogP contribution is 2.35. The predicted molar refractivity (Wildman–Crippen MR) is 291 cm³/mol. The lowest BCUT2D eigenvalue weighted by Gasteiger charge is -2.43. The fraction of sp³-hybridized carbons (Fsp3) is 0.429. The summed E-state index contributed by atoms with van der Waals surface area (Å²) in [6.07, 6.45) is 1.95. The smallest absolute Gasteiger partial charge is 0.277 e. The van der Waals surface area contributed by atoms with Crippen LogP contribution in [-0.4, -0.2) is 155 Å². The normalized spacial score (nSPS) is 20.4. The average Bonchev–Trinajstić information content (AvgIpc) is 4.24. The van der Waals surface area contributed by atoms with Crippen molar-refractivity contribution in [2.75, 3.05) is 63.3 Å². The molecule has 5 atom stereocenters. The molecule has 3 aromatic heterocycles. The van der Waals surface area contributed by atoms with E-state index in [0.717, 1.165) is 83.5 Å². The second kappa shape index (κ2) is 22.8. The zero-order valence-electron chi connectivity index (χ0n) is 43.8. The lowest BCUT2D eigenvalue weighted by Crippen LogP contribution is -2.60. The Bertz CT molecular complexity index is 3230. The quantitative estimate of drug-likeness (QED) is 0.0456. The number of amides is 3. The van der Waals surface area contributed by atoms with E-state index in [1.54, 1.807) is 23.6 Å². The number of likely N-dealkylation sites (tertiary alicyclic amines) is 3. The number of hydrogen-bond donors (Lipinski definition) is 5. The van der Waals surface area contributed by atoms with Crippen LogP contribution in [0.3, 0.4) is 0 Å². The van der Waals surface area contributed by atoms with Crippen LogP contribution in [0.4, 0.5) is 18.9 Å². The van der Waals surface area contributed by atoms with E-state index in [0.29, 0.717) is 32.8 Å². The van der Waals surface area contributed by atoms with Crippen molar-refractivity contribution in [1.29, 1.82) is 0 Å². The first kappa shape index (κ1) is 54.9. The molecule has 10 rings (SSSR count). The summed E-state index contributed by atoms with van der Waals surface area (Å²) in [7, 11) is 0.